The Morgan fingerprint density at radius 2 is 2.25 bits per heavy atom. The molecule has 0 saturated carbocycles. The number of aromatic nitrogens is 2. The lowest BCUT2D eigenvalue weighted by atomic mass is 9.73. The Morgan fingerprint density at radius 3 is 3.04 bits per heavy atom. The summed E-state index contributed by atoms with van der Waals surface area (Å²) in [6, 6.07) is 5.50. The van der Waals surface area contributed by atoms with Crippen LogP contribution in [0.3, 0.4) is 0 Å². The Morgan fingerprint density at radius 1 is 1.43 bits per heavy atom. The van der Waals surface area contributed by atoms with Gasteiger partial charge in [-0.1, -0.05) is 0 Å². The van der Waals surface area contributed by atoms with Crippen molar-refractivity contribution in [2.75, 3.05) is 25.9 Å². The molecule has 9 heteroatoms. The first-order valence-electron chi connectivity index (χ1n) is 9.59. The van der Waals surface area contributed by atoms with Crippen LogP contribution in [0.5, 0.6) is 0 Å². The topological polar surface area (TPSA) is 93.5 Å². The smallest absolute Gasteiger partial charge is 0.251 e. The maximum Gasteiger partial charge on any atom is 0.251 e. The first-order valence-corrected chi connectivity index (χ1v) is 11.4. The van der Waals surface area contributed by atoms with E-state index in [1.165, 1.54) is 10.6 Å². The van der Waals surface area contributed by atoms with Crippen molar-refractivity contribution in [3.8, 4) is 0 Å². The minimum absolute atomic E-state index is 0.102. The molecule has 1 aromatic heterocycles. The second-order valence-electron chi connectivity index (χ2n) is 8.35. The van der Waals surface area contributed by atoms with Crippen molar-refractivity contribution >= 4 is 27.0 Å². The van der Waals surface area contributed by atoms with Gasteiger partial charge >= 0.3 is 0 Å². The van der Waals surface area contributed by atoms with Gasteiger partial charge in [-0.25, -0.2) is 13.4 Å². The van der Waals surface area contributed by atoms with Crippen LogP contribution in [0.15, 0.2) is 24.5 Å². The minimum atomic E-state index is -3.23. The fourth-order valence-electron chi connectivity index (χ4n) is 5.26. The molecule has 0 radical (unpaired) electrons. The van der Waals surface area contributed by atoms with Gasteiger partial charge < -0.3 is 14.6 Å². The zero-order valence-electron chi connectivity index (χ0n) is 16.0. The van der Waals surface area contributed by atoms with Gasteiger partial charge in [-0.2, -0.15) is 4.31 Å². The van der Waals surface area contributed by atoms with Crippen LogP contribution in [0.4, 0.5) is 0 Å². The van der Waals surface area contributed by atoms with Crippen LogP contribution >= 0.6 is 0 Å². The van der Waals surface area contributed by atoms with Gasteiger partial charge in [0.1, 0.15) is 0 Å². The van der Waals surface area contributed by atoms with E-state index in [0.29, 0.717) is 25.2 Å². The number of nitrogens with one attached hydrogen (secondary N) is 1. The van der Waals surface area contributed by atoms with Crippen LogP contribution in [0.1, 0.15) is 23.2 Å². The molecule has 4 atom stereocenters. The Bertz CT molecular complexity index is 1070. The maximum atomic E-state index is 12.7. The van der Waals surface area contributed by atoms with E-state index < -0.39 is 10.0 Å². The number of carbonyl (C=O) groups excluding carboxylic acids is 1. The standard InChI is InChI=1S/C19H24N4O4S/c1-22-11-21-15-7-12(3-4-16(15)22)18(24)20-8-13-14-9-23(28(2,25)26)10-19(14)6-5-17(13)27-19/h3-4,7,11,13-14,17H,5-6,8-10H2,1-2H3,(H,20,24)/t13-,14+,17+,19+/m0/s1. The van der Waals surface area contributed by atoms with Crippen molar-refractivity contribution in [2.24, 2.45) is 18.9 Å². The highest BCUT2D eigenvalue weighted by atomic mass is 32.2. The van der Waals surface area contributed by atoms with Crippen molar-refractivity contribution in [1.29, 1.82) is 0 Å². The molecular weight excluding hydrogens is 380 g/mol. The number of ether oxygens (including phenoxy) is 1. The second-order valence-corrected chi connectivity index (χ2v) is 10.3. The molecule has 5 rings (SSSR count). The summed E-state index contributed by atoms with van der Waals surface area (Å²) in [5.41, 5.74) is 1.98. The minimum Gasteiger partial charge on any atom is -0.370 e. The maximum absolute atomic E-state index is 12.7. The number of rotatable bonds is 4. The highest BCUT2D eigenvalue weighted by Crippen LogP contribution is 2.55. The number of aryl methyl sites for hydroxylation is 1. The number of imidazole rings is 1. The van der Waals surface area contributed by atoms with Crippen molar-refractivity contribution < 1.29 is 17.9 Å². The summed E-state index contributed by atoms with van der Waals surface area (Å²) in [6.45, 7) is 1.41. The summed E-state index contributed by atoms with van der Waals surface area (Å²) in [4.78, 5) is 17.0. The summed E-state index contributed by atoms with van der Waals surface area (Å²) in [6.07, 6.45) is 4.91. The summed E-state index contributed by atoms with van der Waals surface area (Å²) < 4.78 is 33.7. The van der Waals surface area contributed by atoms with E-state index in [4.69, 9.17) is 4.74 Å². The molecular formula is C19H24N4O4S. The number of nitrogens with zero attached hydrogens (tertiary/aromatic N) is 3. The van der Waals surface area contributed by atoms with Crippen LogP contribution in [-0.4, -0.2) is 65.8 Å². The van der Waals surface area contributed by atoms with E-state index in [-0.39, 0.29) is 29.4 Å². The average Bonchev–Trinajstić information content (AvgIpc) is 3.38. The van der Waals surface area contributed by atoms with Gasteiger partial charge in [0.05, 0.1) is 35.3 Å². The lowest BCUT2D eigenvalue weighted by molar-refractivity contribution is 0.00801. The zero-order valence-corrected chi connectivity index (χ0v) is 16.8. The molecule has 2 bridgehead atoms. The molecule has 1 N–H and O–H groups in total. The molecule has 3 fully saturated rings. The summed E-state index contributed by atoms with van der Waals surface area (Å²) in [5, 5.41) is 3.04. The Kier molecular flexibility index (Phi) is 3.88. The van der Waals surface area contributed by atoms with Gasteiger partial charge in [-0.15, -0.1) is 0 Å². The summed E-state index contributed by atoms with van der Waals surface area (Å²) in [5.74, 6) is 0.143. The van der Waals surface area contributed by atoms with Crippen LogP contribution in [-0.2, 0) is 21.8 Å². The van der Waals surface area contributed by atoms with Crippen molar-refractivity contribution in [2.45, 2.75) is 24.5 Å². The normalized spacial score (nSPS) is 32.1. The van der Waals surface area contributed by atoms with Crippen LogP contribution in [0, 0.1) is 11.8 Å². The molecule has 28 heavy (non-hydrogen) atoms. The lowest BCUT2D eigenvalue weighted by Crippen LogP contribution is -2.41. The van der Waals surface area contributed by atoms with Gasteiger partial charge in [-0.3, -0.25) is 4.79 Å². The molecule has 3 aliphatic rings. The van der Waals surface area contributed by atoms with Gasteiger partial charge in [0.2, 0.25) is 10.0 Å². The van der Waals surface area contributed by atoms with Gasteiger partial charge in [0.15, 0.2) is 0 Å². The second kappa shape index (κ2) is 6.01. The SMILES string of the molecule is Cn1cnc2cc(C(=O)NC[C@H]3[C@H]4CN(S(C)(=O)=O)C[C@]45CC[C@H]3O5)ccc21. The number of sulfonamides is 1. The van der Waals surface area contributed by atoms with Crippen molar-refractivity contribution in [1.82, 2.24) is 19.2 Å². The predicted octanol–water partition coefficient (Wildman–Crippen LogP) is 0.742. The Balaban J connectivity index is 1.30. The van der Waals surface area contributed by atoms with E-state index in [0.717, 1.165) is 23.9 Å². The molecule has 1 amide bonds. The third-order valence-electron chi connectivity index (χ3n) is 6.71. The fraction of sp³-hybridized carbons (Fsp3) is 0.579. The molecule has 0 unspecified atom stereocenters. The largest absolute Gasteiger partial charge is 0.370 e. The molecule has 8 nitrogen and oxygen atoms in total. The zero-order chi connectivity index (χ0) is 19.7. The molecule has 4 heterocycles. The van der Waals surface area contributed by atoms with E-state index in [1.54, 1.807) is 18.5 Å². The molecule has 3 saturated heterocycles. The quantitative estimate of drug-likeness (QED) is 0.811. The van der Waals surface area contributed by atoms with E-state index in [2.05, 4.69) is 10.3 Å². The average molecular weight is 404 g/mol. The monoisotopic (exact) mass is 404 g/mol. The van der Waals surface area contributed by atoms with Gasteiger partial charge in [-0.05, 0) is 31.0 Å². The molecule has 3 aliphatic heterocycles. The first-order chi connectivity index (χ1) is 13.3. The molecule has 150 valence electrons. The number of fused-ring (bicyclic) bond motifs is 2. The number of amides is 1. The highest BCUT2D eigenvalue weighted by Gasteiger charge is 2.63. The lowest BCUT2D eigenvalue weighted by Gasteiger charge is -2.29. The number of hydrogen-bond donors (Lipinski definition) is 1. The molecule has 1 spiro atoms. The highest BCUT2D eigenvalue weighted by molar-refractivity contribution is 7.88. The number of benzene rings is 1. The van der Waals surface area contributed by atoms with E-state index >= 15 is 0 Å². The number of carbonyl (C=O) groups is 1. The van der Waals surface area contributed by atoms with Crippen molar-refractivity contribution in [3.05, 3.63) is 30.1 Å². The fourth-order valence-corrected chi connectivity index (χ4v) is 6.15. The van der Waals surface area contributed by atoms with Crippen LogP contribution in [0.2, 0.25) is 0 Å². The molecule has 0 aliphatic carbocycles. The van der Waals surface area contributed by atoms with Crippen molar-refractivity contribution in [3.63, 3.8) is 0 Å². The van der Waals surface area contributed by atoms with Crippen LogP contribution < -0.4 is 5.32 Å². The summed E-state index contributed by atoms with van der Waals surface area (Å²) >= 11 is 0. The van der Waals surface area contributed by atoms with E-state index in [9.17, 15) is 13.2 Å². The van der Waals surface area contributed by atoms with Gasteiger partial charge in [0.25, 0.3) is 5.91 Å². The first kappa shape index (κ1) is 18.1. The molecule has 2 aromatic rings. The third-order valence-corrected chi connectivity index (χ3v) is 7.92. The van der Waals surface area contributed by atoms with Gasteiger partial charge in [0, 0.05) is 44.1 Å². The Hall–Kier alpha value is -1.97. The molecule has 1 aromatic carbocycles. The van der Waals surface area contributed by atoms with Crippen LogP contribution in [0.25, 0.3) is 11.0 Å². The Labute approximate surface area is 163 Å². The summed E-state index contributed by atoms with van der Waals surface area (Å²) in [7, 11) is -1.32. The third kappa shape index (κ3) is 2.67. The van der Waals surface area contributed by atoms with E-state index in [1.807, 2.05) is 17.7 Å². The predicted molar refractivity (Wildman–Crippen MR) is 103 cm³/mol. The number of hydrogen-bond acceptors (Lipinski definition) is 5.